The number of ether oxygens (including phenoxy) is 1. The van der Waals surface area contributed by atoms with Gasteiger partial charge in [0.2, 0.25) is 10.0 Å². The summed E-state index contributed by atoms with van der Waals surface area (Å²) in [6.45, 7) is 2.97. The highest BCUT2D eigenvalue weighted by Crippen LogP contribution is 2.27. The number of aromatic nitrogens is 1. The molecule has 2 heterocycles. The van der Waals surface area contributed by atoms with Gasteiger partial charge in [-0.1, -0.05) is 30.4 Å². The summed E-state index contributed by atoms with van der Waals surface area (Å²) >= 11 is 1.39. The fourth-order valence-corrected chi connectivity index (χ4v) is 5.34. The molecule has 30 heavy (non-hydrogen) atoms. The summed E-state index contributed by atoms with van der Waals surface area (Å²) < 4.78 is 34.2. The molecule has 1 saturated heterocycles. The van der Waals surface area contributed by atoms with E-state index in [9.17, 15) is 13.2 Å². The van der Waals surface area contributed by atoms with Gasteiger partial charge in [-0.3, -0.25) is 10.1 Å². The second-order valence-corrected chi connectivity index (χ2v) is 9.94. The molecular formula is C21H23N3O4S2. The van der Waals surface area contributed by atoms with Gasteiger partial charge in [0.25, 0.3) is 5.91 Å². The first-order chi connectivity index (χ1) is 14.4. The second-order valence-electron chi connectivity index (χ2n) is 7.14. The number of benzene rings is 2. The van der Waals surface area contributed by atoms with Gasteiger partial charge in [0, 0.05) is 18.7 Å². The molecular weight excluding hydrogens is 422 g/mol. The van der Waals surface area contributed by atoms with Crippen LogP contribution >= 0.6 is 11.3 Å². The molecule has 4 rings (SSSR count). The molecule has 0 bridgehead atoms. The number of carbonyl (C=O) groups excluding carboxylic acids is 1. The Morgan fingerprint density at radius 3 is 2.90 bits per heavy atom. The zero-order chi connectivity index (χ0) is 21.1. The highest BCUT2D eigenvalue weighted by atomic mass is 32.2. The van der Waals surface area contributed by atoms with Gasteiger partial charge in [-0.05, 0) is 55.2 Å². The predicted molar refractivity (Wildman–Crippen MR) is 118 cm³/mol. The van der Waals surface area contributed by atoms with Gasteiger partial charge in [-0.25, -0.2) is 18.1 Å². The van der Waals surface area contributed by atoms with Crippen LogP contribution in [0, 0.1) is 0 Å². The molecule has 1 aliphatic heterocycles. The number of anilines is 1. The molecule has 0 radical (unpaired) electrons. The Labute approximate surface area is 179 Å². The third-order valence-electron chi connectivity index (χ3n) is 5.01. The van der Waals surface area contributed by atoms with Crippen LogP contribution < -0.4 is 10.0 Å². The largest absolute Gasteiger partial charge is 0.377 e. The van der Waals surface area contributed by atoms with Crippen LogP contribution in [0.2, 0.25) is 0 Å². The minimum atomic E-state index is -3.73. The predicted octanol–water partition coefficient (Wildman–Crippen LogP) is 3.57. The van der Waals surface area contributed by atoms with Crippen LogP contribution in [0.25, 0.3) is 10.2 Å². The van der Waals surface area contributed by atoms with E-state index in [1.165, 1.54) is 29.0 Å². The van der Waals surface area contributed by atoms with Gasteiger partial charge in [0.15, 0.2) is 5.13 Å². The number of sulfonamides is 1. The van der Waals surface area contributed by atoms with E-state index in [4.69, 9.17) is 4.74 Å². The van der Waals surface area contributed by atoms with E-state index in [0.29, 0.717) is 11.7 Å². The fourth-order valence-electron chi connectivity index (χ4n) is 3.31. The quantitative estimate of drug-likeness (QED) is 0.579. The number of thiazole rings is 1. The first-order valence-corrected chi connectivity index (χ1v) is 12.2. The minimum absolute atomic E-state index is 0.0463. The third kappa shape index (κ3) is 4.70. The maximum Gasteiger partial charge on any atom is 0.257 e. The SMILES string of the molecule is CCc1ccc2nc(NC(=O)c3cccc(S(=O)(=O)NC[C@H]4CCCO4)c3)sc2c1. The van der Waals surface area contributed by atoms with Crippen LogP contribution in [0.4, 0.5) is 5.13 Å². The average Bonchev–Trinajstić information content (AvgIpc) is 3.41. The number of hydrogen-bond donors (Lipinski definition) is 2. The zero-order valence-corrected chi connectivity index (χ0v) is 18.2. The molecule has 1 aromatic heterocycles. The van der Waals surface area contributed by atoms with Crippen molar-refractivity contribution >= 4 is 42.6 Å². The Morgan fingerprint density at radius 2 is 2.13 bits per heavy atom. The number of carbonyl (C=O) groups is 1. The van der Waals surface area contributed by atoms with E-state index >= 15 is 0 Å². The van der Waals surface area contributed by atoms with Crippen molar-refractivity contribution in [2.24, 2.45) is 0 Å². The number of fused-ring (bicyclic) bond motifs is 1. The van der Waals surface area contributed by atoms with Crippen molar-refractivity contribution in [3.63, 3.8) is 0 Å². The Kier molecular flexibility index (Phi) is 6.14. The molecule has 2 N–H and O–H groups in total. The summed E-state index contributed by atoms with van der Waals surface area (Å²) in [5, 5.41) is 3.25. The lowest BCUT2D eigenvalue weighted by Gasteiger charge is -2.12. The summed E-state index contributed by atoms with van der Waals surface area (Å²) in [7, 11) is -3.73. The molecule has 0 saturated carbocycles. The monoisotopic (exact) mass is 445 g/mol. The van der Waals surface area contributed by atoms with Crippen LogP contribution in [0.1, 0.15) is 35.7 Å². The molecule has 7 nitrogen and oxygen atoms in total. The summed E-state index contributed by atoms with van der Waals surface area (Å²) in [5.74, 6) is -0.402. The minimum Gasteiger partial charge on any atom is -0.377 e. The first kappa shape index (κ1) is 20.9. The average molecular weight is 446 g/mol. The second kappa shape index (κ2) is 8.81. The van der Waals surface area contributed by atoms with Crippen molar-refractivity contribution in [1.29, 1.82) is 0 Å². The number of hydrogen-bond acceptors (Lipinski definition) is 6. The van der Waals surface area contributed by atoms with E-state index in [1.807, 2.05) is 12.1 Å². The van der Waals surface area contributed by atoms with E-state index in [2.05, 4.69) is 28.0 Å². The smallest absolute Gasteiger partial charge is 0.257 e. The third-order valence-corrected chi connectivity index (χ3v) is 7.37. The fraction of sp³-hybridized carbons (Fsp3) is 0.333. The first-order valence-electron chi connectivity index (χ1n) is 9.87. The van der Waals surface area contributed by atoms with Gasteiger partial charge in [0.05, 0.1) is 21.2 Å². The lowest BCUT2D eigenvalue weighted by atomic mass is 10.2. The number of aryl methyl sites for hydroxylation is 1. The summed E-state index contributed by atoms with van der Waals surface area (Å²) in [6, 6.07) is 12.0. The van der Waals surface area contributed by atoms with E-state index in [1.54, 1.807) is 12.1 Å². The van der Waals surface area contributed by atoms with Crippen LogP contribution in [-0.2, 0) is 21.2 Å². The highest BCUT2D eigenvalue weighted by Gasteiger charge is 2.21. The maximum absolute atomic E-state index is 12.7. The number of amides is 1. The van der Waals surface area contributed by atoms with Crippen LogP contribution in [-0.4, -0.2) is 38.6 Å². The Morgan fingerprint density at radius 1 is 1.27 bits per heavy atom. The molecule has 2 aromatic carbocycles. The van der Waals surface area contributed by atoms with Crippen molar-refractivity contribution in [2.75, 3.05) is 18.5 Å². The molecule has 0 spiro atoms. The van der Waals surface area contributed by atoms with Crippen molar-refractivity contribution in [3.8, 4) is 0 Å². The van der Waals surface area contributed by atoms with E-state index in [-0.39, 0.29) is 23.1 Å². The normalized spacial score (nSPS) is 16.8. The Hall–Kier alpha value is -2.33. The lowest BCUT2D eigenvalue weighted by molar-refractivity contribution is 0.102. The molecule has 1 atom stereocenters. The van der Waals surface area contributed by atoms with Gasteiger partial charge >= 0.3 is 0 Å². The molecule has 1 fully saturated rings. The standard InChI is InChI=1S/C21H23N3O4S2/c1-2-14-8-9-18-19(11-14)29-21(23-18)24-20(25)15-5-3-7-17(12-15)30(26,27)22-13-16-6-4-10-28-16/h3,5,7-9,11-12,16,22H,2,4,6,10,13H2,1H3,(H,23,24,25)/t16-/m1/s1. The highest BCUT2D eigenvalue weighted by molar-refractivity contribution is 7.89. The van der Waals surface area contributed by atoms with Crippen LogP contribution in [0.5, 0.6) is 0 Å². The van der Waals surface area contributed by atoms with E-state index < -0.39 is 15.9 Å². The molecule has 1 aliphatic rings. The van der Waals surface area contributed by atoms with Gasteiger partial charge < -0.3 is 4.74 Å². The number of rotatable bonds is 7. The zero-order valence-electron chi connectivity index (χ0n) is 16.6. The molecule has 158 valence electrons. The van der Waals surface area contributed by atoms with Crippen LogP contribution in [0.15, 0.2) is 47.4 Å². The van der Waals surface area contributed by atoms with Gasteiger partial charge in [0.1, 0.15) is 0 Å². The maximum atomic E-state index is 12.7. The topological polar surface area (TPSA) is 97.4 Å². The summed E-state index contributed by atoms with van der Waals surface area (Å²) in [5.41, 5.74) is 2.28. The van der Waals surface area contributed by atoms with Crippen molar-refractivity contribution in [2.45, 2.75) is 37.2 Å². The molecule has 3 aromatic rings. The molecule has 0 unspecified atom stereocenters. The van der Waals surface area contributed by atoms with Crippen molar-refractivity contribution in [1.82, 2.24) is 9.71 Å². The molecule has 1 amide bonds. The van der Waals surface area contributed by atoms with Crippen molar-refractivity contribution in [3.05, 3.63) is 53.6 Å². The Bertz CT molecular complexity index is 1170. The van der Waals surface area contributed by atoms with Gasteiger partial charge in [-0.2, -0.15) is 0 Å². The van der Waals surface area contributed by atoms with E-state index in [0.717, 1.165) is 29.5 Å². The summed E-state index contributed by atoms with van der Waals surface area (Å²) in [4.78, 5) is 17.2. The Balaban J connectivity index is 1.48. The molecule has 0 aliphatic carbocycles. The summed E-state index contributed by atoms with van der Waals surface area (Å²) in [6.07, 6.45) is 2.61. The molecule has 9 heteroatoms. The lowest BCUT2D eigenvalue weighted by Crippen LogP contribution is -2.32. The number of nitrogens with one attached hydrogen (secondary N) is 2. The van der Waals surface area contributed by atoms with Crippen molar-refractivity contribution < 1.29 is 17.9 Å². The number of nitrogens with zero attached hydrogens (tertiary/aromatic N) is 1. The van der Waals surface area contributed by atoms with Crippen LogP contribution in [0.3, 0.4) is 0 Å². The van der Waals surface area contributed by atoms with Gasteiger partial charge in [-0.15, -0.1) is 0 Å².